The predicted octanol–water partition coefficient (Wildman–Crippen LogP) is 5.14. The Morgan fingerprint density at radius 2 is 1.84 bits per heavy atom. The number of amides is 1. The molecule has 1 amide bonds. The molecule has 0 N–H and O–H groups in total. The third-order valence-corrected chi connectivity index (χ3v) is 4.56. The van der Waals surface area contributed by atoms with Crippen molar-refractivity contribution in [3.05, 3.63) is 76.4 Å². The van der Waals surface area contributed by atoms with Gasteiger partial charge in [0, 0.05) is 30.5 Å². The number of hydrogen-bond donors (Lipinski definition) is 0. The normalized spacial score (nSPS) is 10.8. The summed E-state index contributed by atoms with van der Waals surface area (Å²) < 4.78 is 0. The predicted molar refractivity (Wildman–Crippen MR) is 102 cm³/mol. The van der Waals surface area contributed by atoms with Crippen LogP contribution in [-0.4, -0.2) is 15.8 Å². The fourth-order valence-corrected chi connectivity index (χ4v) is 3.10. The second-order valence-electron chi connectivity index (χ2n) is 6.22. The lowest BCUT2D eigenvalue weighted by atomic mass is 10.1. The fourth-order valence-electron chi connectivity index (χ4n) is 2.89. The number of hydrogen-bond acceptors (Lipinski definition) is 2. The fraction of sp³-hybridized carbons (Fsp3) is 0.238. The summed E-state index contributed by atoms with van der Waals surface area (Å²) in [6, 6.07) is 18.1. The Labute approximate surface area is 153 Å². The number of benzene rings is 2. The minimum Gasteiger partial charge on any atom is -0.334 e. The lowest BCUT2D eigenvalue weighted by Crippen LogP contribution is -2.29. The van der Waals surface area contributed by atoms with Crippen LogP contribution in [0.5, 0.6) is 0 Å². The lowest BCUT2D eigenvalue weighted by Gasteiger charge is -2.23. The van der Waals surface area contributed by atoms with Crippen LogP contribution in [0.25, 0.3) is 10.9 Å². The maximum Gasteiger partial charge on any atom is 0.222 e. The van der Waals surface area contributed by atoms with Crippen LogP contribution < -0.4 is 0 Å². The standard InChI is InChI=1S/C21H21ClN2O/c1-3-20(25)24(13-16-7-5-4-6-8-16)14-18-12-17-11-15(2)9-10-19(17)23-21(18)22/h4-12H,3,13-14H2,1-2H3. The molecule has 0 spiro atoms. The monoisotopic (exact) mass is 352 g/mol. The van der Waals surface area contributed by atoms with E-state index in [1.54, 1.807) is 0 Å². The summed E-state index contributed by atoms with van der Waals surface area (Å²) in [4.78, 5) is 18.7. The van der Waals surface area contributed by atoms with Gasteiger partial charge in [-0.3, -0.25) is 4.79 Å². The molecule has 0 saturated carbocycles. The summed E-state index contributed by atoms with van der Waals surface area (Å²) in [5, 5.41) is 1.50. The van der Waals surface area contributed by atoms with Gasteiger partial charge >= 0.3 is 0 Å². The van der Waals surface area contributed by atoms with E-state index < -0.39 is 0 Å². The molecule has 2 aromatic carbocycles. The molecule has 0 bridgehead atoms. The van der Waals surface area contributed by atoms with Crippen molar-refractivity contribution in [1.82, 2.24) is 9.88 Å². The van der Waals surface area contributed by atoms with E-state index in [-0.39, 0.29) is 5.91 Å². The van der Waals surface area contributed by atoms with Crippen LogP contribution in [0.4, 0.5) is 0 Å². The molecule has 0 unspecified atom stereocenters. The highest BCUT2D eigenvalue weighted by atomic mass is 35.5. The SMILES string of the molecule is CCC(=O)N(Cc1ccccc1)Cc1cc2cc(C)ccc2nc1Cl. The zero-order valence-corrected chi connectivity index (χ0v) is 15.3. The van der Waals surface area contributed by atoms with E-state index in [9.17, 15) is 4.79 Å². The Balaban J connectivity index is 1.91. The summed E-state index contributed by atoms with van der Waals surface area (Å²) in [6.07, 6.45) is 0.463. The molecular formula is C21H21ClN2O. The van der Waals surface area contributed by atoms with Crippen molar-refractivity contribution in [2.75, 3.05) is 0 Å². The van der Waals surface area contributed by atoms with Gasteiger partial charge in [-0.15, -0.1) is 0 Å². The second-order valence-corrected chi connectivity index (χ2v) is 6.58. The highest BCUT2D eigenvalue weighted by Gasteiger charge is 2.15. The molecule has 0 aliphatic carbocycles. The van der Waals surface area contributed by atoms with Gasteiger partial charge in [0.05, 0.1) is 5.52 Å². The maximum atomic E-state index is 12.4. The Kier molecular flexibility index (Phi) is 5.34. The molecule has 25 heavy (non-hydrogen) atoms. The average Bonchev–Trinajstić information content (AvgIpc) is 2.62. The first kappa shape index (κ1) is 17.4. The van der Waals surface area contributed by atoms with Crippen LogP contribution in [-0.2, 0) is 17.9 Å². The van der Waals surface area contributed by atoms with Crippen LogP contribution in [0.3, 0.4) is 0 Å². The van der Waals surface area contributed by atoms with E-state index in [2.05, 4.69) is 18.0 Å². The first-order valence-electron chi connectivity index (χ1n) is 8.44. The van der Waals surface area contributed by atoms with E-state index in [4.69, 9.17) is 11.6 Å². The highest BCUT2D eigenvalue weighted by molar-refractivity contribution is 6.30. The zero-order valence-electron chi connectivity index (χ0n) is 14.5. The summed E-state index contributed by atoms with van der Waals surface area (Å²) in [7, 11) is 0. The molecule has 4 heteroatoms. The van der Waals surface area contributed by atoms with Gasteiger partial charge in [-0.05, 0) is 30.7 Å². The summed E-state index contributed by atoms with van der Waals surface area (Å²) >= 11 is 6.39. The number of pyridine rings is 1. The number of carbonyl (C=O) groups is 1. The molecule has 0 radical (unpaired) electrons. The Morgan fingerprint density at radius 3 is 2.56 bits per heavy atom. The number of carbonyl (C=O) groups excluding carboxylic acids is 1. The molecule has 1 heterocycles. The van der Waals surface area contributed by atoms with E-state index in [1.807, 2.05) is 60.4 Å². The van der Waals surface area contributed by atoms with Gasteiger partial charge < -0.3 is 4.90 Å². The number of aromatic nitrogens is 1. The second kappa shape index (κ2) is 7.66. The minimum atomic E-state index is 0.101. The van der Waals surface area contributed by atoms with Crippen molar-refractivity contribution in [3.8, 4) is 0 Å². The van der Waals surface area contributed by atoms with Gasteiger partial charge in [0.2, 0.25) is 5.91 Å². The molecule has 128 valence electrons. The van der Waals surface area contributed by atoms with Crippen LogP contribution in [0.15, 0.2) is 54.6 Å². The van der Waals surface area contributed by atoms with E-state index in [0.29, 0.717) is 24.7 Å². The maximum absolute atomic E-state index is 12.4. The van der Waals surface area contributed by atoms with Gasteiger partial charge in [0.25, 0.3) is 0 Å². The van der Waals surface area contributed by atoms with Crippen molar-refractivity contribution in [1.29, 1.82) is 0 Å². The van der Waals surface area contributed by atoms with Gasteiger partial charge in [-0.1, -0.05) is 60.5 Å². The molecule has 3 nitrogen and oxygen atoms in total. The third-order valence-electron chi connectivity index (χ3n) is 4.23. The average molecular weight is 353 g/mol. The largest absolute Gasteiger partial charge is 0.334 e. The summed E-state index contributed by atoms with van der Waals surface area (Å²) in [5.41, 5.74) is 4.02. The summed E-state index contributed by atoms with van der Waals surface area (Å²) in [6.45, 7) is 4.95. The number of rotatable bonds is 5. The van der Waals surface area contributed by atoms with Crippen molar-refractivity contribution in [3.63, 3.8) is 0 Å². The topological polar surface area (TPSA) is 33.2 Å². The van der Waals surface area contributed by atoms with E-state index in [0.717, 1.165) is 22.0 Å². The number of fused-ring (bicyclic) bond motifs is 1. The minimum absolute atomic E-state index is 0.101. The van der Waals surface area contributed by atoms with Crippen LogP contribution in [0, 0.1) is 6.92 Å². The van der Waals surface area contributed by atoms with Crippen molar-refractivity contribution >= 4 is 28.4 Å². The molecular weight excluding hydrogens is 332 g/mol. The number of halogens is 1. The third kappa shape index (κ3) is 4.18. The molecule has 0 fully saturated rings. The smallest absolute Gasteiger partial charge is 0.222 e. The molecule has 0 saturated heterocycles. The lowest BCUT2D eigenvalue weighted by molar-refractivity contribution is -0.132. The summed E-state index contributed by atoms with van der Waals surface area (Å²) in [5.74, 6) is 0.101. The molecule has 1 aromatic heterocycles. The van der Waals surface area contributed by atoms with Crippen molar-refractivity contribution in [2.24, 2.45) is 0 Å². The van der Waals surface area contributed by atoms with Gasteiger partial charge in [-0.25, -0.2) is 4.98 Å². The highest BCUT2D eigenvalue weighted by Crippen LogP contribution is 2.23. The molecule has 3 rings (SSSR count). The molecule has 3 aromatic rings. The van der Waals surface area contributed by atoms with Crippen LogP contribution >= 0.6 is 11.6 Å². The van der Waals surface area contributed by atoms with Crippen LogP contribution in [0.2, 0.25) is 5.15 Å². The van der Waals surface area contributed by atoms with Gasteiger partial charge in [-0.2, -0.15) is 0 Å². The molecule has 0 aliphatic heterocycles. The number of nitrogens with zero attached hydrogens (tertiary/aromatic N) is 2. The van der Waals surface area contributed by atoms with Crippen molar-refractivity contribution in [2.45, 2.75) is 33.4 Å². The Morgan fingerprint density at radius 1 is 1.08 bits per heavy atom. The Hall–Kier alpha value is -2.39. The molecule has 0 atom stereocenters. The zero-order chi connectivity index (χ0) is 17.8. The first-order valence-corrected chi connectivity index (χ1v) is 8.82. The van der Waals surface area contributed by atoms with Gasteiger partial charge in [0.1, 0.15) is 5.15 Å². The quantitative estimate of drug-likeness (QED) is 0.596. The Bertz CT molecular complexity index is 893. The van der Waals surface area contributed by atoms with Gasteiger partial charge in [0.15, 0.2) is 0 Å². The first-order chi connectivity index (χ1) is 12.1. The van der Waals surface area contributed by atoms with Crippen molar-refractivity contribution < 1.29 is 4.79 Å². The van der Waals surface area contributed by atoms with E-state index >= 15 is 0 Å². The molecule has 0 aliphatic rings. The number of aryl methyl sites for hydroxylation is 1. The van der Waals surface area contributed by atoms with Crippen LogP contribution in [0.1, 0.15) is 30.0 Å². The van der Waals surface area contributed by atoms with E-state index in [1.165, 1.54) is 5.56 Å².